The highest BCUT2D eigenvalue weighted by Crippen LogP contribution is 2.28. The molecule has 10 heteroatoms. The summed E-state index contributed by atoms with van der Waals surface area (Å²) < 4.78 is 35.6. The molecule has 1 N–H and O–H groups in total. The maximum absolute atomic E-state index is 12.6. The first kappa shape index (κ1) is 20.9. The number of nitrogens with zero attached hydrogens (tertiary/aromatic N) is 2. The number of ether oxygens (including phenoxy) is 1. The van der Waals surface area contributed by atoms with Gasteiger partial charge in [0.15, 0.2) is 5.78 Å². The molecule has 29 heavy (non-hydrogen) atoms. The second kappa shape index (κ2) is 8.66. The standard InChI is InChI=1S/C19H19N3O5S2/c1-12(17(23)13-4-8-15(9-5-13)22-29(3,24)25)28-19-21-20-18(27-19)14-6-10-16(26-2)11-7-14/h4-12,22H,1-3H3. The Morgan fingerprint density at radius 3 is 2.34 bits per heavy atom. The summed E-state index contributed by atoms with van der Waals surface area (Å²) >= 11 is 1.16. The number of anilines is 1. The normalized spacial score (nSPS) is 12.4. The summed E-state index contributed by atoms with van der Waals surface area (Å²) in [7, 11) is -1.78. The lowest BCUT2D eigenvalue weighted by Crippen LogP contribution is -2.14. The number of nitrogens with one attached hydrogen (secondary N) is 1. The summed E-state index contributed by atoms with van der Waals surface area (Å²) in [4.78, 5) is 12.6. The van der Waals surface area contributed by atoms with Gasteiger partial charge < -0.3 is 9.15 Å². The fourth-order valence-electron chi connectivity index (χ4n) is 2.46. The minimum absolute atomic E-state index is 0.134. The number of aromatic nitrogens is 2. The molecule has 0 aliphatic carbocycles. The molecule has 8 nitrogen and oxygen atoms in total. The van der Waals surface area contributed by atoms with E-state index in [0.717, 1.165) is 29.3 Å². The van der Waals surface area contributed by atoms with Crippen LogP contribution in [0.25, 0.3) is 11.5 Å². The number of thioether (sulfide) groups is 1. The quantitative estimate of drug-likeness (QED) is 0.424. The number of sulfonamides is 1. The van der Waals surface area contributed by atoms with Gasteiger partial charge in [-0.05, 0) is 55.5 Å². The first-order valence-corrected chi connectivity index (χ1v) is 11.3. The molecular weight excluding hydrogens is 414 g/mol. The van der Waals surface area contributed by atoms with E-state index in [-0.39, 0.29) is 11.0 Å². The van der Waals surface area contributed by atoms with Gasteiger partial charge in [-0.1, -0.05) is 11.8 Å². The Labute approximate surface area is 172 Å². The summed E-state index contributed by atoms with van der Waals surface area (Å²) in [6, 6.07) is 13.4. The number of Topliss-reactive ketones (excluding diaryl/α,β-unsaturated/α-hetero) is 1. The average molecular weight is 434 g/mol. The molecule has 2 aromatic carbocycles. The van der Waals surface area contributed by atoms with E-state index in [4.69, 9.17) is 9.15 Å². The maximum atomic E-state index is 12.6. The Kier molecular flexibility index (Phi) is 6.23. The smallest absolute Gasteiger partial charge is 0.277 e. The average Bonchev–Trinajstić information content (AvgIpc) is 3.15. The van der Waals surface area contributed by atoms with Crippen molar-refractivity contribution < 1.29 is 22.4 Å². The van der Waals surface area contributed by atoms with Gasteiger partial charge in [0, 0.05) is 16.8 Å². The molecular formula is C19H19N3O5S2. The summed E-state index contributed by atoms with van der Waals surface area (Å²) in [5.74, 6) is 0.941. The number of carbonyl (C=O) groups is 1. The largest absolute Gasteiger partial charge is 0.497 e. The molecule has 1 heterocycles. The molecule has 0 radical (unpaired) electrons. The van der Waals surface area contributed by atoms with Gasteiger partial charge in [0.1, 0.15) is 5.75 Å². The zero-order valence-electron chi connectivity index (χ0n) is 15.9. The van der Waals surface area contributed by atoms with Crippen molar-refractivity contribution in [3.8, 4) is 17.2 Å². The van der Waals surface area contributed by atoms with Crippen molar-refractivity contribution in [1.82, 2.24) is 10.2 Å². The lowest BCUT2D eigenvalue weighted by atomic mass is 10.1. The number of hydrogen-bond donors (Lipinski definition) is 1. The molecule has 0 amide bonds. The highest BCUT2D eigenvalue weighted by Gasteiger charge is 2.20. The van der Waals surface area contributed by atoms with Crippen molar-refractivity contribution in [2.24, 2.45) is 0 Å². The number of benzene rings is 2. The Morgan fingerprint density at radius 1 is 1.10 bits per heavy atom. The predicted molar refractivity (Wildman–Crippen MR) is 111 cm³/mol. The Morgan fingerprint density at radius 2 is 1.76 bits per heavy atom. The monoisotopic (exact) mass is 433 g/mol. The number of methoxy groups -OCH3 is 1. The molecule has 1 atom stereocenters. The van der Waals surface area contributed by atoms with Gasteiger partial charge in [-0.2, -0.15) is 0 Å². The number of hydrogen-bond acceptors (Lipinski definition) is 8. The first-order valence-electron chi connectivity index (χ1n) is 8.52. The zero-order chi connectivity index (χ0) is 21.0. The van der Waals surface area contributed by atoms with Crippen molar-refractivity contribution in [3.05, 3.63) is 54.1 Å². The van der Waals surface area contributed by atoms with Gasteiger partial charge >= 0.3 is 0 Å². The number of carbonyl (C=O) groups excluding carboxylic acids is 1. The van der Waals surface area contributed by atoms with Crippen LogP contribution in [0, 0.1) is 0 Å². The highest BCUT2D eigenvalue weighted by molar-refractivity contribution is 8.00. The minimum Gasteiger partial charge on any atom is -0.497 e. The van der Waals surface area contributed by atoms with Crippen molar-refractivity contribution in [2.45, 2.75) is 17.4 Å². The van der Waals surface area contributed by atoms with Gasteiger partial charge in [-0.3, -0.25) is 9.52 Å². The van der Waals surface area contributed by atoms with Crippen LogP contribution >= 0.6 is 11.8 Å². The summed E-state index contributed by atoms with van der Waals surface area (Å²) in [6.07, 6.45) is 1.06. The van der Waals surface area contributed by atoms with E-state index < -0.39 is 15.3 Å². The van der Waals surface area contributed by atoms with Crippen molar-refractivity contribution in [2.75, 3.05) is 18.1 Å². The van der Waals surface area contributed by atoms with Gasteiger partial charge in [-0.25, -0.2) is 8.42 Å². The second-order valence-electron chi connectivity index (χ2n) is 6.18. The molecule has 3 aromatic rings. The van der Waals surface area contributed by atoms with Crippen LogP contribution < -0.4 is 9.46 Å². The van der Waals surface area contributed by atoms with Gasteiger partial charge in [-0.15, -0.1) is 10.2 Å². The minimum atomic E-state index is -3.37. The van der Waals surface area contributed by atoms with E-state index in [1.807, 2.05) is 12.1 Å². The molecule has 1 aromatic heterocycles. The second-order valence-corrected chi connectivity index (χ2v) is 9.22. The summed E-state index contributed by atoms with van der Waals surface area (Å²) in [5, 5.41) is 7.83. The first-order chi connectivity index (χ1) is 13.7. The Balaban J connectivity index is 1.66. The summed E-state index contributed by atoms with van der Waals surface area (Å²) in [5.41, 5.74) is 1.60. The van der Waals surface area contributed by atoms with Crippen LogP contribution in [0.15, 0.2) is 58.2 Å². The molecule has 0 fully saturated rings. The maximum Gasteiger partial charge on any atom is 0.277 e. The van der Waals surface area contributed by atoms with Crippen LogP contribution in [0.3, 0.4) is 0 Å². The van der Waals surface area contributed by atoms with Gasteiger partial charge in [0.2, 0.25) is 15.9 Å². The molecule has 0 aliphatic rings. The lowest BCUT2D eigenvalue weighted by molar-refractivity contribution is 0.0993. The predicted octanol–water partition coefficient (Wildman–Crippen LogP) is 3.48. The van der Waals surface area contributed by atoms with Crippen molar-refractivity contribution in [1.29, 1.82) is 0 Å². The van der Waals surface area contributed by atoms with E-state index in [1.165, 1.54) is 0 Å². The molecule has 1 unspecified atom stereocenters. The topological polar surface area (TPSA) is 111 Å². The van der Waals surface area contributed by atoms with Crippen LogP contribution in [0.4, 0.5) is 5.69 Å². The highest BCUT2D eigenvalue weighted by atomic mass is 32.2. The Hall–Kier alpha value is -2.85. The van der Waals surface area contributed by atoms with Gasteiger partial charge in [0.05, 0.1) is 18.6 Å². The molecule has 0 saturated carbocycles. The van der Waals surface area contributed by atoms with Crippen LogP contribution in [0.5, 0.6) is 5.75 Å². The molecule has 0 saturated heterocycles. The van der Waals surface area contributed by atoms with E-state index in [1.54, 1.807) is 50.4 Å². The van der Waals surface area contributed by atoms with E-state index in [2.05, 4.69) is 14.9 Å². The van der Waals surface area contributed by atoms with Crippen LogP contribution in [0.1, 0.15) is 17.3 Å². The molecule has 152 valence electrons. The van der Waals surface area contributed by atoms with Crippen molar-refractivity contribution in [3.63, 3.8) is 0 Å². The van der Waals surface area contributed by atoms with Crippen LogP contribution in [-0.4, -0.2) is 43.0 Å². The molecule has 0 aliphatic heterocycles. The SMILES string of the molecule is COc1ccc(-c2nnc(SC(C)C(=O)c3ccc(NS(C)(=O)=O)cc3)o2)cc1. The van der Waals surface area contributed by atoms with Crippen LogP contribution in [0.2, 0.25) is 0 Å². The number of rotatable bonds is 8. The fraction of sp³-hybridized carbons (Fsp3) is 0.211. The van der Waals surface area contributed by atoms with Crippen LogP contribution in [-0.2, 0) is 10.0 Å². The van der Waals surface area contributed by atoms with E-state index in [9.17, 15) is 13.2 Å². The Bertz CT molecular complexity index is 1090. The third kappa shape index (κ3) is 5.58. The van der Waals surface area contributed by atoms with Gasteiger partial charge in [0.25, 0.3) is 5.22 Å². The fourth-order valence-corrected chi connectivity index (χ4v) is 3.79. The van der Waals surface area contributed by atoms with Crippen molar-refractivity contribution >= 4 is 33.3 Å². The number of ketones is 1. The van der Waals surface area contributed by atoms with E-state index >= 15 is 0 Å². The third-order valence-electron chi connectivity index (χ3n) is 3.86. The lowest BCUT2D eigenvalue weighted by Gasteiger charge is -2.09. The molecule has 3 rings (SSSR count). The third-order valence-corrected chi connectivity index (χ3v) is 5.40. The summed E-state index contributed by atoms with van der Waals surface area (Å²) in [6.45, 7) is 1.74. The van der Waals surface area contributed by atoms with E-state index in [0.29, 0.717) is 17.1 Å². The molecule has 0 spiro atoms. The zero-order valence-corrected chi connectivity index (χ0v) is 17.6. The molecule has 0 bridgehead atoms.